The number of carbonyl (C=O) groups excluding carboxylic acids is 1. The van der Waals surface area contributed by atoms with E-state index in [0.29, 0.717) is 11.7 Å². The number of ketones is 1. The number of pyridine rings is 1. The van der Waals surface area contributed by atoms with Gasteiger partial charge in [0.15, 0.2) is 5.78 Å². The van der Waals surface area contributed by atoms with Crippen LogP contribution in [-0.2, 0) is 0 Å². The lowest BCUT2D eigenvalue weighted by atomic mass is 9.62. The van der Waals surface area contributed by atoms with E-state index in [4.69, 9.17) is 0 Å². The van der Waals surface area contributed by atoms with Gasteiger partial charge in [0.1, 0.15) is 5.54 Å². The second kappa shape index (κ2) is 6.00. The van der Waals surface area contributed by atoms with Crippen molar-refractivity contribution in [2.75, 3.05) is 19.6 Å². The van der Waals surface area contributed by atoms with Crippen LogP contribution in [0.3, 0.4) is 0 Å². The Bertz CT molecular complexity index is 828. The van der Waals surface area contributed by atoms with Crippen molar-refractivity contribution in [3.05, 3.63) is 65.5 Å². The third-order valence-electron chi connectivity index (χ3n) is 6.92. The van der Waals surface area contributed by atoms with E-state index in [9.17, 15) is 4.79 Å². The maximum Gasteiger partial charge on any atom is 0.185 e. The van der Waals surface area contributed by atoms with E-state index in [2.05, 4.69) is 34.3 Å². The molecule has 26 heavy (non-hydrogen) atoms. The highest BCUT2D eigenvalue weighted by atomic mass is 16.1. The van der Waals surface area contributed by atoms with Crippen molar-refractivity contribution in [1.29, 1.82) is 0 Å². The molecule has 0 saturated carbocycles. The molecule has 0 spiro atoms. The van der Waals surface area contributed by atoms with Gasteiger partial charge in [0.2, 0.25) is 0 Å². The Morgan fingerprint density at radius 1 is 1.19 bits per heavy atom. The van der Waals surface area contributed by atoms with Gasteiger partial charge in [-0.2, -0.15) is 0 Å². The van der Waals surface area contributed by atoms with Crippen LogP contribution in [0.15, 0.2) is 48.8 Å². The molecule has 1 aromatic carbocycles. The number of aryl methyl sites for hydroxylation is 1. The summed E-state index contributed by atoms with van der Waals surface area (Å²) in [5.41, 5.74) is 2.65. The number of nitrogens with zero attached hydrogens (tertiary/aromatic N) is 2. The number of piperidine rings is 3. The molecule has 4 aliphatic heterocycles. The van der Waals surface area contributed by atoms with Crippen LogP contribution in [0.5, 0.6) is 0 Å². The van der Waals surface area contributed by atoms with Gasteiger partial charge in [-0.05, 0) is 56.0 Å². The fourth-order valence-electron chi connectivity index (χ4n) is 5.76. The molecule has 1 N–H and O–H groups in total. The van der Waals surface area contributed by atoms with Crippen LogP contribution in [0, 0.1) is 12.8 Å². The second-order valence-corrected chi connectivity index (χ2v) is 8.02. The third-order valence-corrected chi connectivity index (χ3v) is 6.92. The summed E-state index contributed by atoms with van der Waals surface area (Å²) in [5, 5.41) is 3.76. The first-order chi connectivity index (χ1) is 12.7. The lowest BCUT2D eigenvalue weighted by Crippen LogP contribution is -2.72. The molecule has 4 fully saturated rings. The van der Waals surface area contributed by atoms with Crippen molar-refractivity contribution >= 4 is 5.78 Å². The predicted octanol–water partition coefficient (Wildman–Crippen LogP) is 2.79. The maximum atomic E-state index is 14.1. The Labute approximate surface area is 154 Å². The van der Waals surface area contributed by atoms with Crippen molar-refractivity contribution in [3.63, 3.8) is 0 Å². The van der Waals surface area contributed by atoms with E-state index < -0.39 is 5.54 Å². The molecule has 4 heteroatoms. The molecule has 3 unspecified atom stereocenters. The minimum absolute atomic E-state index is 0.149. The lowest BCUT2D eigenvalue weighted by molar-refractivity contribution is -0.0313. The van der Waals surface area contributed by atoms with E-state index in [0.717, 1.165) is 30.8 Å². The highest BCUT2D eigenvalue weighted by Crippen LogP contribution is 2.51. The first kappa shape index (κ1) is 16.2. The molecule has 4 nitrogen and oxygen atoms in total. The summed E-state index contributed by atoms with van der Waals surface area (Å²) < 4.78 is 0. The molecule has 4 saturated heterocycles. The smallest absolute Gasteiger partial charge is 0.185 e. The van der Waals surface area contributed by atoms with Crippen molar-refractivity contribution in [1.82, 2.24) is 15.2 Å². The molecule has 1 aromatic heterocycles. The Morgan fingerprint density at radius 3 is 2.73 bits per heavy atom. The number of Topliss-reactive ketones (excluding diaryl/α,β-unsaturated/α-hetero) is 1. The standard InChI is InChI=1S/C22H25N3O/c1-15-5-2-3-7-18(15)21(26)22-19(17-6-4-10-23-13-17)14-24-20(22)16-8-11-25(22)12-9-16/h2-7,10,13,16,19-20,24H,8-9,11-12,14H2,1H3. The van der Waals surface area contributed by atoms with Gasteiger partial charge in [-0.1, -0.05) is 30.3 Å². The molecule has 6 rings (SSSR count). The van der Waals surface area contributed by atoms with Gasteiger partial charge < -0.3 is 5.32 Å². The molecular formula is C22H25N3O. The normalized spacial score (nSPS) is 35.3. The van der Waals surface area contributed by atoms with E-state index in [1.807, 2.05) is 36.7 Å². The summed E-state index contributed by atoms with van der Waals surface area (Å²) >= 11 is 0. The van der Waals surface area contributed by atoms with Gasteiger partial charge in [-0.15, -0.1) is 0 Å². The van der Waals surface area contributed by atoms with E-state index in [-0.39, 0.29) is 12.0 Å². The van der Waals surface area contributed by atoms with E-state index >= 15 is 0 Å². The summed E-state index contributed by atoms with van der Waals surface area (Å²) in [7, 11) is 0. The highest BCUT2D eigenvalue weighted by Gasteiger charge is 2.64. The number of hydrogen-bond acceptors (Lipinski definition) is 4. The van der Waals surface area contributed by atoms with Crippen LogP contribution in [0.4, 0.5) is 0 Å². The summed E-state index contributed by atoms with van der Waals surface area (Å²) in [6.45, 7) is 4.95. The number of fused-ring (bicyclic) bond motifs is 2. The van der Waals surface area contributed by atoms with E-state index in [1.54, 1.807) is 0 Å². The molecule has 0 radical (unpaired) electrons. The molecule has 2 bridgehead atoms. The number of nitrogens with one attached hydrogen (secondary N) is 1. The number of carbonyl (C=O) groups is 1. The van der Waals surface area contributed by atoms with Gasteiger partial charge in [0.25, 0.3) is 0 Å². The number of rotatable bonds is 3. The van der Waals surface area contributed by atoms with Crippen LogP contribution < -0.4 is 5.32 Å². The van der Waals surface area contributed by atoms with Gasteiger partial charge in [0.05, 0.1) is 0 Å². The Hall–Kier alpha value is -2.04. The predicted molar refractivity (Wildman–Crippen MR) is 101 cm³/mol. The Morgan fingerprint density at radius 2 is 2.00 bits per heavy atom. The summed E-state index contributed by atoms with van der Waals surface area (Å²) in [5.74, 6) is 1.04. The molecule has 2 aromatic rings. The van der Waals surface area contributed by atoms with Crippen molar-refractivity contribution in [2.45, 2.75) is 37.3 Å². The van der Waals surface area contributed by atoms with Crippen LogP contribution >= 0.6 is 0 Å². The fourth-order valence-corrected chi connectivity index (χ4v) is 5.76. The van der Waals surface area contributed by atoms with Gasteiger partial charge >= 0.3 is 0 Å². The van der Waals surface area contributed by atoms with E-state index in [1.165, 1.54) is 18.4 Å². The fraction of sp³-hybridized carbons (Fsp3) is 0.455. The van der Waals surface area contributed by atoms with Crippen LogP contribution in [0.25, 0.3) is 0 Å². The number of benzene rings is 1. The van der Waals surface area contributed by atoms with Gasteiger partial charge in [0, 0.05) is 36.5 Å². The zero-order chi connectivity index (χ0) is 17.7. The topological polar surface area (TPSA) is 45.2 Å². The maximum absolute atomic E-state index is 14.1. The minimum atomic E-state index is -0.476. The quantitative estimate of drug-likeness (QED) is 0.867. The Balaban J connectivity index is 1.69. The van der Waals surface area contributed by atoms with Crippen LogP contribution in [-0.4, -0.2) is 46.9 Å². The first-order valence-electron chi connectivity index (χ1n) is 9.71. The molecular weight excluding hydrogens is 322 g/mol. The third kappa shape index (κ3) is 2.09. The highest BCUT2D eigenvalue weighted by molar-refractivity contribution is 6.06. The monoisotopic (exact) mass is 347 g/mol. The van der Waals surface area contributed by atoms with Crippen LogP contribution in [0.1, 0.15) is 40.2 Å². The Kier molecular flexibility index (Phi) is 3.73. The SMILES string of the molecule is Cc1ccccc1C(=O)C12C(c3cccnc3)CNC1C1CCN2CC1. The van der Waals surface area contributed by atoms with Crippen molar-refractivity contribution < 1.29 is 4.79 Å². The number of hydrogen-bond donors (Lipinski definition) is 1. The largest absolute Gasteiger partial charge is 0.311 e. The van der Waals surface area contributed by atoms with Gasteiger partial charge in [-0.3, -0.25) is 14.7 Å². The molecule has 4 aliphatic rings. The molecule has 0 aliphatic carbocycles. The molecule has 3 atom stereocenters. The second-order valence-electron chi connectivity index (χ2n) is 8.02. The zero-order valence-electron chi connectivity index (χ0n) is 15.2. The van der Waals surface area contributed by atoms with Crippen molar-refractivity contribution in [3.8, 4) is 0 Å². The van der Waals surface area contributed by atoms with Crippen LogP contribution in [0.2, 0.25) is 0 Å². The van der Waals surface area contributed by atoms with Gasteiger partial charge in [-0.25, -0.2) is 0 Å². The zero-order valence-corrected chi connectivity index (χ0v) is 15.2. The molecule has 5 heterocycles. The number of aromatic nitrogens is 1. The summed E-state index contributed by atoms with van der Waals surface area (Å²) in [6, 6.07) is 12.4. The summed E-state index contributed by atoms with van der Waals surface area (Å²) in [4.78, 5) is 20.9. The molecule has 0 amide bonds. The average molecular weight is 347 g/mol. The molecule has 134 valence electrons. The summed E-state index contributed by atoms with van der Waals surface area (Å²) in [6.07, 6.45) is 6.15. The lowest BCUT2D eigenvalue weighted by Gasteiger charge is -2.57. The average Bonchev–Trinajstić information content (AvgIpc) is 3.13. The van der Waals surface area contributed by atoms with Crippen molar-refractivity contribution in [2.24, 2.45) is 5.92 Å². The minimum Gasteiger partial charge on any atom is -0.311 e. The first-order valence-corrected chi connectivity index (χ1v) is 9.71.